The van der Waals surface area contributed by atoms with Gasteiger partial charge in [0.15, 0.2) is 0 Å². The van der Waals surface area contributed by atoms with Crippen LogP contribution in [0.2, 0.25) is 0 Å². The molecule has 2 aromatic heterocycles. The van der Waals surface area contributed by atoms with Gasteiger partial charge < -0.3 is 14.7 Å². The van der Waals surface area contributed by atoms with E-state index < -0.39 is 0 Å². The fourth-order valence-electron chi connectivity index (χ4n) is 3.22. The van der Waals surface area contributed by atoms with Crippen molar-refractivity contribution >= 4 is 11.8 Å². The van der Waals surface area contributed by atoms with E-state index in [9.17, 15) is 0 Å². The maximum atomic E-state index is 5.50. The average Bonchev–Trinajstić information content (AvgIpc) is 3.27. The van der Waals surface area contributed by atoms with Crippen molar-refractivity contribution < 1.29 is 4.74 Å². The zero-order valence-corrected chi connectivity index (χ0v) is 12.6. The molecule has 4 nitrogen and oxygen atoms in total. The molecule has 2 aromatic rings. The van der Waals surface area contributed by atoms with Crippen molar-refractivity contribution in [2.45, 2.75) is 25.7 Å². The van der Waals surface area contributed by atoms with E-state index in [1.54, 1.807) is 7.11 Å². The number of nitrogens with one attached hydrogen (secondary N) is 2. The van der Waals surface area contributed by atoms with Crippen LogP contribution in [0.4, 0.5) is 0 Å². The molecule has 0 aromatic carbocycles. The molecular weight excluding hydrogens is 274 g/mol. The Morgan fingerprint density at radius 2 is 2.14 bits per heavy atom. The number of rotatable bonds is 3. The number of nitrogens with zero attached hydrogens (tertiary/aromatic N) is 1. The molecule has 0 spiro atoms. The largest absolute Gasteiger partial charge is 0.494 e. The number of H-pyrrole nitrogens is 2. The third-order valence-electron chi connectivity index (χ3n) is 4.37. The van der Waals surface area contributed by atoms with Crippen LogP contribution in [0.15, 0.2) is 47.1 Å². The van der Waals surface area contributed by atoms with E-state index >= 15 is 0 Å². The number of aliphatic imine (C=N–C) groups is 1. The summed E-state index contributed by atoms with van der Waals surface area (Å²) >= 11 is 0. The number of hydrogen-bond donors (Lipinski definition) is 2. The first-order valence-corrected chi connectivity index (χ1v) is 7.74. The van der Waals surface area contributed by atoms with Crippen molar-refractivity contribution in [2.24, 2.45) is 4.99 Å². The van der Waals surface area contributed by atoms with Crippen molar-refractivity contribution in [3.63, 3.8) is 0 Å². The lowest BCUT2D eigenvalue weighted by Gasteiger charge is -2.11. The predicted molar refractivity (Wildman–Crippen MR) is 87.8 cm³/mol. The third-order valence-corrected chi connectivity index (χ3v) is 4.37. The summed E-state index contributed by atoms with van der Waals surface area (Å²) in [4.78, 5) is 11.3. The molecule has 0 fully saturated rings. The van der Waals surface area contributed by atoms with E-state index in [4.69, 9.17) is 9.73 Å². The van der Waals surface area contributed by atoms with E-state index in [2.05, 4.69) is 22.2 Å². The predicted octanol–water partition coefficient (Wildman–Crippen LogP) is 3.60. The first kappa shape index (κ1) is 13.2. The van der Waals surface area contributed by atoms with Gasteiger partial charge in [0.25, 0.3) is 0 Å². The minimum atomic E-state index is 0.815. The molecule has 0 bridgehead atoms. The Bertz CT molecular complexity index is 775. The molecular formula is C18H19N3O. The van der Waals surface area contributed by atoms with Crippen LogP contribution in [-0.2, 0) is 17.6 Å². The molecule has 22 heavy (non-hydrogen) atoms. The first-order valence-electron chi connectivity index (χ1n) is 7.74. The topological polar surface area (TPSA) is 53.2 Å². The number of allylic oxidation sites excluding steroid dienone is 1. The van der Waals surface area contributed by atoms with Gasteiger partial charge in [-0.2, -0.15) is 0 Å². The van der Waals surface area contributed by atoms with Crippen molar-refractivity contribution in [3.8, 4) is 0 Å². The summed E-state index contributed by atoms with van der Waals surface area (Å²) in [5.41, 5.74) is 6.88. The van der Waals surface area contributed by atoms with E-state index in [-0.39, 0.29) is 0 Å². The van der Waals surface area contributed by atoms with E-state index in [1.807, 2.05) is 24.4 Å². The highest BCUT2D eigenvalue weighted by atomic mass is 16.5. The molecule has 1 aliphatic carbocycles. The van der Waals surface area contributed by atoms with Crippen molar-refractivity contribution in [3.05, 3.63) is 64.6 Å². The Morgan fingerprint density at radius 3 is 2.95 bits per heavy atom. The van der Waals surface area contributed by atoms with Gasteiger partial charge in [-0.15, -0.1) is 0 Å². The van der Waals surface area contributed by atoms with Crippen molar-refractivity contribution in [1.82, 2.24) is 9.97 Å². The first-order chi connectivity index (χ1) is 10.8. The second-order valence-electron chi connectivity index (χ2n) is 5.73. The highest BCUT2D eigenvalue weighted by molar-refractivity contribution is 6.11. The van der Waals surface area contributed by atoms with Gasteiger partial charge in [-0.05, 0) is 55.0 Å². The summed E-state index contributed by atoms with van der Waals surface area (Å²) < 4.78 is 5.50. The van der Waals surface area contributed by atoms with Crippen LogP contribution in [0.5, 0.6) is 0 Å². The SMILES string of the molecule is COC1=CC(c2ccc[nH]2)=N/C1=C/c1c[nH]c2c1CCCC2. The maximum Gasteiger partial charge on any atom is 0.146 e. The summed E-state index contributed by atoms with van der Waals surface area (Å²) in [6, 6.07) is 3.99. The normalized spacial score (nSPS) is 19.0. The lowest BCUT2D eigenvalue weighted by Crippen LogP contribution is -2.01. The second kappa shape index (κ2) is 5.37. The lowest BCUT2D eigenvalue weighted by atomic mass is 9.95. The van der Waals surface area contributed by atoms with Crippen LogP contribution in [-0.4, -0.2) is 22.8 Å². The van der Waals surface area contributed by atoms with Gasteiger partial charge in [-0.1, -0.05) is 0 Å². The molecule has 112 valence electrons. The Kier molecular flexibility index (Phi) is 3.22. The standard InChI is InChI=1S/C18H19N3O/c1-22-18-10-16(15-7-4-8-19-15)21-17(18)9-12-11-20-14-6-3-2-5-13(12)14/h4,7-11,19-20H,2-3,5-6H2,1H3/b17-9+. The Labute approximate surface area is 129 Å². The van der Waals surface area contributed by atoms with Crippen molar-refractivity contribution in [2.75, 3.05) is 7.11 Å². The Hall–Kier alpha value is -2.49. The molecule has 2 aliphatic rings. The van der Waals surface area contributed by atoms with Crippen LogP contribution < -0.4 is 0 Å². The lowest BCUT2D eigenvalue weighted by molar-refractivity contribution is 0.303. The average molecular weight is 293 g/mol. The molecule has 2 N–H and O–H groups in total. The van der Waals surface area contributed by atoms with Crippen LogP contribution in [0.25, 0.3) is 6.08 Å². The highest BCUT2D eigenvalue weighted by Gasteiger charge is 2.19. The van der Waals surface area contributed by atoms with Gasteiger partial charge in [0.05, 0.1) is 18.5 Å². The summed E-state index contributed by atoms with van der Waals surface area (Å²) in [7, 11) is 1.69. The van der Waals surface area contributed by atoms with Gasteiger partial charge in [0.1, 0.15) is 11.5 Å². The van der Waals surface area contributed by atoms with Crippen LogP contribution in [0, 0.1) is 0 Å². The molecule has 0 unspecified atom stereocenters. The zero-order chi connectivity index (χ0) is 14.9. The molecule has 0 saturated heterocycles. The maximum absolute atomic E-state index is 5.50. The molecule has 0 saturated carbocycles. The van der Waals surface area contributed by atoms with E-state index in [1.165, 1.54) is 29.7 Å². The quantitative estimate of drug-likeness (QED) is 0.892. The van der Waals surface area contributed by atoms with E-state index in [0.29, 0.717) is 0 Å². The summed E-state index contributed by atoms with van der Waals surface area (Å²) in [6.07, 6.45) is 13.0. The number of aromatic nitrogens is 2. The van der Waals surface area contributed by atoms with Gasteiger partial charge in [-0.3, -0.25) is 0 Å². The second-order valence-corrected chi connectivity index (χ2v) is 5.73. The van der Waals surface area contributed by atoms with Gasteiger partial charge in [0, 0.05) is 24.2 Å². The minimum Gasteiger partial charge on any atom is -0.494 e. The van der Waals surface area contributed by atoms with E-state index in [0.717, 1.165) is 35.7 Å². The number of aromatic amines is 2. The number of methoxy groups -OCH3 is 1. The summed E-state index contributed by atoms with van der Waals surface area (Å²) in [5, 5.41) is 0. The van der Waals surface area contributed by atoms with Crippen molar-refractivity contribution in [1.29, 1.82) is 0 Å². The van der Waals surface area contributed by atoms with Crippen LogP contribution >= 0.6 is 0 Å². The molecule has 4 heteroatoms. The summed E-state index contributed by atoms with van der Waals surface area (Å²) in [5.74, 6) is 0.815. The fraction of sp³-hybridized carbons (Fsp3) is 0.278. The fourth-order valence-corrected chi connectivity index (χ4v) is 3.22. The molecule has 0 amide bonds. The minimum absolute atomic E-state index is 0.815. The summed E-state index contributed by atoms with van der Waals surface area (Å²) in [6.45, 7) is 0. The highest BCUT2D eigenvalue weighted by Crippen LogP contribution is 2.29. The molecule has 0 radical (unpaired) electrons. The van der Waals surface area contributed by atoms with Gasteiger partial charge >= 0.3 is 0 Å². The molecule has 0 atom stereocenters. The zero-order valence-electron chi connectivity index (χ0n) is 12.6. The third kappa shape index (κ3) is 2.21. The smallest absolute Gasteiger partial charge is 0.146 e. The van der Waals surface area contributed by atoms with Gasteiger partial charge in [-0.25, -0.2) is 4.99 Å². The molecule has 3 heterocycles. The molecule has 4 rings (SSSR count). The van der Waals surface area contributed by atoms with Gasteiger partial charge in [0.2, 0.25) is 0 Å². The monoisotopic (exact) mass is 293 g/mol. The molecule has 1 aliphatic heterocycles. The number of aryl methyl sites for hydroxylation is 1. The Balaban J connectivity index is 1.72. The number of fused-ring (bicyclic) bond motifs is 1. The number of ether oxygens (including phenoxy) is 1. The van der Waals surface area contributed by atoms with Crippen LogP contribution in [0.1, 0.15) is 35.4 Å². The number of hydrogen-bond acceptors (Lipinski definition) is 2. The Morgan fingerprint density at radius 1 is 1.23 bits per heavy atom. The van der Waals surface area contributed by atoms with Crippen LogP contribution in [0.3, 0.4) is 0 Å².